The van der Waals surface area contributed by atoms with Gasteiger partial charge in [0.2, 0.25) is 0 Å². The second-order valence-corrected chi connectivity index (χ2v) is 12.0. The predicted molar refractivity (Wildman–Crippen MR) is 147 cm³/mol. The van der Waals surface area contributed by atoms with Crippen LogP contribution in [0.1, 0.15) is 62.4 Å². The average Bonchev–Trinajstić information content (AvgIpc) is 2.84. The number of benzene rings is 3. The van der Waals surface area contributed by atoms with Crippen molar-refractivity contribution in [2.24, 2.45) is 0 Å². The fourth-order valence-corrected chi connectivity index (χ4v) is 4.79. The van der Waals surface area contributed by atoms with E-state index in [2.05, 4.69) is 4.72 Å². The number of hydrogen-bond donors (Lipinski definition) is 1. The van der Waals surface area contributed by atoms with Gasteiger partial charge < -0.3 is 9.47 Å². The highest BCUT2D eigenvalue weighted by molar-refractivity contribution is 7.84. The van der Waals surface area contributed by atoms with E-state index in [0.717, 1.165) is 22.3 Å². The number of halogens is 1. The second-order valence-electron chi connectivity index (χ2n) is 9.98. The number of nitrogens with one attached hydrogen (secondary N) is 1. The van der Waals surface area contributed by atoms with E-state index in [1.807, 2.05) is 76.2 Å². The summed E-state index contributed by atoms with van der Waals surface area (Å²) in [6.07, 6.45) is -0.152. The number of carbonyl (C=O) groups excluding carboxylic acids is 1. The normalized spacial score (nSPS) is 13.2. The summed E-state index contributed by atoms with van der Waals surface area (Å²) >= 11 is 0. The Morgan fingerprint density at radius 3 is 2.38 bits per heavy atom. The van der Waals surface area contributed by atoms with Crippen LogP contribution in [0.2, 0.25) is 0 Å². The van der Waals surface area contributed by atoms with Crippen LogP contribution in [0.25, 0.3) is 11.1 Å². The largest absolute Gasteiger partial charge is 0.488 e. The Labute approximate surface area is 222 Å². The summed E-state index contributed by atoms with van der Waals surface area (Å²) in [5.74, 6) is -0.262. The van der Waals surface area contributed by atoms with Gasteiger partial charge in [0.1, 0.15) is 18.2 Å². The number of rotatable bonds is 10. The molecule has 37 heavy (non-hydrogen) atoms. The smallest absolute Gasteiger partial charge is 0.307 e. The molecule has 0 aromatic heterocycles. The summed E-state index contributed by atoms with van der Waals surface area (Å²) in [5.41, 5.74) is 4.28. The zero-order valence-electron chi connectivity index (χ0n) is 22.4. The lowest BCUT2D eigenvalue weighted by molar-refractivity contribution is -0.143. The third-order valence-electron chi connectivity index (χ3n) is 5.90. The molecule has 2 atom stereocenters. The number of carbonyl (C=O) groups is 1. The van der Waals surface area contributed by atoms with Crippen LogP contribution in [0, 0.1) is 19.7 Å². The van der Waals surface area contributed by atoms with E-state index < -0.39 is 33.6 Å². The Kier molecular flexibility index (Phi) is 9.62. The van der Waals surface area contributed by atoms with Gasteiger partial charge in [-0.3, -0.25) is 4.79 Å². The molecule has 5 nitrogen and oxygen atoms in total. The van der Waals surface area contributed by atoms with E-state index in [9.17, 15) is 9.00 Å². The Morgan fingerprint density at radius 1 is 1.03 bits per heavy atom. The standard InChI is InChI=1S/C30H36FNO4S/c1-7-35-27(33)18-25(32-37(34)30(4,5)6)24-17-23(16-21(3)29(24)31)28-20(2)12-11-15-26(28)36-19-22-13-9-8-10-14-22/h8-17,25,32H,7,18-19H2,1-6H3/t25-,37+/m0/s1. The first-order chi connectivity index (χ1) is 17.5. The van der Waals surface area contributed by atoms with Gasteiger partial charge in [-0.05, 0) is 82.0 Å². The zero-order chi connectivity index (χ0) is 27.2. The van der Waals surface area contributed by atoms with Crippen molar-refractivity contribution in [3.05, 3.63) is 88.7 Å². The fourth-order valence-electron chi connectivity index (χ4n) is 3.97. The van der Waals surface area contributed by atoms with E-state index in [1.165, 1.54) is 0 Å². The van der Waals surface area contributed by atoms with Crippen molar-refractivity contribution in [3.8, 4) is 16.9 Å². The molecular formula is C30H36FNO4S. The molecule has 0 fully saturated rings. The van der Waals surface area contributed by atoms with E-state index in [4.69, 9.17) is 9.47 Å². The monoisotopic (exact) mass is 525 g/mol. The lowest BCUT2D eigenvalue weighted by Crippen LogP contribution is -2.37. The van der Waals surface area contributed by atoms with Gasteiger partial charge in [-0.25, -0.2) is 13.3 Å². The molecule has 1 N–H and O–H groups in total. The van der Waals surface area contributed by atoms with Gasteiger partial charge in [-0.1, -0.05) is 42.5 Å². The third-order valence-corrected chi connectivity index (χ3v) is 7.51. The van der Waals surface area contributed by atoms with E-state index in [0.29, 0.717) is 17.9 Å². The molecule has 0 aliphatic rings. The van der Waals surface area contributed by atoms with Crippen LogP contribution in [-0.4, -0.2) is 21.5 Å². The molecule has 0 amide bonds. The highest BCUT2D eigenvalue weighted by Gasteiger charge is 2.28. The minimum atomic E-state index is -1.54. The molecule has 3 aromatic carbocycles. The van der Waals surface area contributed by atoms with Crippen molar-refractivity contribution < 1.29 is 22.9 Å². The van der Waals surface area contributed by atoms with Crippen LogP contribution < -0.4 is 9.46 Å². The lowest BCUT2D eigenvalue weighted by atomic mass is 9.92. The fraction of sp³-hybridized carbons (Fsp3) is 0.367. The summed E-state index contributed by atoms with van der Waals surface area (Å²) in [4.78, 5) is 12.4. The van der Waals surface area contributed by atoms with Gasteiger partial charge in [-0.15, -0.1) is 0 Å². The molecule has 0 saturated heterocycles. The van der Waals surface area contributed by atoms with Crippen molar-refractivity contribution >= 4 is 17.0 Å². The molecule has 198 valence electrons. The molecule has 0 aliphatic heterocycles. The van der Waals surface area contributed by atoms with Crippen LogP contribution in [-0.2, 0) is 27.1 Å². The molecule has 0 aliphatic carbocycles. The molecule has 0 heterocycles. The van der Waals surface area contributed by atoms with Crippen LogP contribution in [0.3, 0.4) is 0 Å². The SMILES string of the molecule is CCOC(=O)C[C@H](N[S@](=O)C(C)(C)C)c1cc(-c2c(C)cccc2OCc2ccccc2)cc(C)c1F. The summed E-state index contributed by atoms with van der Waals surface area (Å²) < 4.78 is 42.3. The topological polar surface area (TPSA) is 64.6 Å². The number of aryl methyl sites for hydroxylation is 2. The van der Waals surface area contributed by atoms with E-state index in [1.54, 1.807) is 26.0 Å². The molecule has 0 radical (unpaired) electrons. The Morgan fingerprint density at radius 2 is 1.73 bits per heavy atom. The van der Waals surface area contributed by atoms with Crippen molar-refractivity contribution in [2.75, 3.05) is 6.61 Å². The quantitative estimate of drug-likeness (QED) is 0.298. The minimum Gasteiger partial charge on any atom is -0.488 e. The molecule has 0 bridgehead atoms. The highest BCUT2D eigenvalue weighted by Crippen LogP contribution is 2.37. The average molecular weight is 526 g/mol. The molecular weight excluding hydrogens is 489 g/mol. The summed E-state index contributed by atoms with van der Waals surface area (Å²) in [6.45, 7) is 11.4. The van der Waals surface area contributed by atoms with Gasteiger partial charge >= 0.3 is 5.97 Å². The van der Waals surface area contributed by atoms with Crippen molar-refractivity contribution in [1.82, 2.24) is 4.72 Å². The number of hydrogen-bond acceptors (Lipinski definition) is 4. The van der Waals surface area contributed by atoms with Crippen LogP contribution in [0.5, 0.6) is 5.75 Å². The van der Waals surface area contributed by atoms with Gasteiger partial charge in [-0.2, -0.15) is 0 Å². The molecule has 7 heteroatoms. The van der Waals surface area contributed by atoms with E-state index in [-0.39, 0.29) is 18.6 Å². The lowest BCUT2D eigenvalue weighted by Gasteiger charge is -2.25. The summed E-state index contributed by atoms with van der Waals surface area (Å²) in [5, 5.41) is 0. The van der Waals surface area contributed by atoms with Crippen molar-refractivity contribution in [1.29, 1.82) is 0 Å². The van der Waals surface area contributed by atoms with Gasteiger partial charge in [0.05, 0.1) is 34.8 Å². The maximum absolute atomic E-state index is 15.6. The summed E-state index contributed by atoms with van der Waals surface area (Å²) in [6, 6.07) is 18.3. The molecule has 3 aromatic rings. The van der Waals surface area contributed by atoms with Gasteiger partial charge in [0.25, 0.3) is 0 Å². The second kappa shape index (κ2) is 12.5. The van der Waals surface area contributed by atoms with Gasteiger partial charge in [0, 0.05) is 11.1 Å². The number of esters is 1. The first kappa shape index (κ1) is 28.5. The third kappa shape index (κ3) is 7.49. The van der Waals surface area contributed by atoms with Crippen LogP contribution >= 0.6 is 0 Å². The molecule has 0 unspecified atom stereocenters. The van der Waals surface area contributed by atoms with E-state index >= 15 is 4.39 Å². The minimum absolute atomic E-state index is 0.152. The molecule has 0 saturated carbocycles. The van der Waals surface area contributed by atoms with Crippen LogP contribution in [0.15, 0.2) is 60.7 Å². The Balaban J connectivity index is 2.06. The Bertz CT molecular complexity index is 1250. The maximum atomic E-state index is 15.6. The van der Waals surface area contributed by atoms with Gasteiger partial charge in [0.15, 0.2) is 0 Å². The van der Waals surface area contributed by atoms with Crippen LogP contribution in [0.4, 0.5) is 4.39 Å². The summed E-state index contributed by atoms with van der Waals surface area (Å²) in [7, 11) is -1.54. The predicted octanol–water partition coefficient (Wildman–Crippen LogP) is 6.73. The zero-order valence-corrected chi connectivity index (χ0v) is 23.2. The Hall–Kier alpha value is -3.03. The molecule has 0 spiro atoms. The maximum Gasteiger partial charge on any atom is 0.307 e. The molecule has 3 rings (SSSR count). The van der Waals surface area contributed by atoms with Crippen molar-refractivity contribution in [2.45, 2.75) is 65.4 Å². The van der Waals surface area contributed by atoms with Crippen molar-refractivity contribution in [3.63, 3.8) is 0 Å². The highest BCUT2D eigenvalue weighted by atomic mass is 32.2. The first-order valence-corrected chi connectivity index (χ1v) is 13.6. The number of ether oxygens (including phenoxy) is 2. The first-order valence-electron chi connectivity index (χ1n) is 12.4.